The Hall–Kier alpha value is -1.55. The Morgan fingerprint density at radius 3 is 1.79 bits per heavy atom. The van der Waals surface area contributed by atoms with Gasteiger partial charge in [-0.1, -0.05) is 0 Å². The fourth-order valence-electron chi connectivity index (χ4n) is 1.35. The number of alkyl carbamates (subject to hydrolysis) is 2. The molecule has 0 aliphatic heterocycles. The molecule has 0 bridgehead atoms. The molecule has 0 saturated carbocycles. The van der Waals surface area contributed by atoms with Crippen molar-refractivity contribution in [2.45, 2.75) is 52.2 Å². The Balaban J connectivity index is 3.92. The van der Waals surface area contributed by atoms with Crippen LogP contribution in [0.4, 0.5) is 9.59 Å². The van der Waals surface area contributed by atoms with Gasteiger partial charge in [-0.3, -0.25) is 4.18 Å². The highest BCUT2D eigenvalue weighted by Crippen LogP contribution is 2.11. The lowest BCUT2D eigenvalue weighted by Gasteiger charge is -2.24. The Bertz CT molecular complexity index is 524. The van der Waals surface area contributed by atoms with Crippen molar-refractivity contribution in [3.05, 3.63) is 0 Å². The van der Waals surface area contributed by atoms with Crippen LogP contribution in [0.25, 0.3) is 0 Å². The van der Waals surface area contributed by atoms with Crippen LogP contribution in [0.5, 0.6) is 0 Å². The minimum absolute atomic E-state index is 0.275. The average Bonchev–Trinajstić information content (AvgIpc) is 2.32. The average molecular weight is 368 g/mol. The molecule has 0 aromatic carbocycles. The molecule has 2 N–H and O–H groups in total. The molecule has 0 rings (SSSR count). The topological polar surface area (TPSA) is 120 Å². The second kappa shape index (κ2) is 9.07. The first-order valence-corrected chi connectivity index (χ1v) is 9.30. The van der Waals surface area contributed by atoms with E-state index < -0.39 is 33.5 Å². The normalized spacial score (nSPS) is 12.4. The van der Waals surface area contributed by atoms with Crippen LogP contribution in [0.1, 0.15) is 41.0 Å². The number of nitrogens with one attached hydrogen (secondary N) is 2. The van der Waals surface area contributed by atoms with Gasteiger partial charge in [0.25, 0.3) is 10.1 Å². The van der Waals surface area contributed by atoms with Gasteiger partial charge in [0.05, 0.1) is 6.26 Å². The maximum atomic E-state index is 11.6. The molecule has 0 heterocycles. The molecule has 0 aromatic heterocycles. The monoisotopic (exact) mass is 368 g/mol. The highest BCUT2D eigenvalue weighted by molar-refractivity contribution is 7.85. The Morgan fingerprint density at radius 2 is 1.38 bits per heavy atom. The van der Waals surface area contributed by atoms with Crippen LogP contribution in [0.2, 0.25) is 0 Å². The number of ether oxygens (including phenoxy) is 2. The van der Waals surface area contributed by atoms with Crippen molar-refractivity contribution < 1.29 is 31.7 Å². The summed E-state index contributed by atoms with van der Waals surface area (Å²) < 4.78 is 36.6. The van der Waals surface area contributed by atoms with E-state index in [4.69, 9.17) is 9.47 Å². The number of amides is 2. The van der Waals surface area contributed by atoms with Crippen LogP contribution < -0.4 is 10.6 Å². The van der Waals surface area contributed by atoms with Crippen LogP contribution in [-0.2, 0) is 23.8 Å². The van der Waals surface area contributed by atoms with E-state index in [9.17, 15) is 18.0 Å². The summed E-state index contributed by atoms with van der Waals surface area (Å²) in [4.78, 5) is 23.0. The van der Waals surface area contributed by atoms with E-state index in [1.165, 1.54) is 13.8 Å². The molecule has 0 atom stereocenters. The Kier molecular flexibility index (Phi) is 8.48. The van der Waals surface area contributed by atoms with Crippen LogP contribution >= 0.6 is 0 Å². The highest BCUT2D eigenvalue weighted by Gasteiger charge is 2.25. The van der Waals surface area contributed by atoms with E-state index in [-0.39, 0.29) is 13.2 Å². The predicted octanol–water partition coefficient (Wildman–Crippen LogP) is 1.38. The number of carbonyl (C=O) groups is 2. The van der Waals surface area contributed by atoms with Gasteiger partial charge in [-0.15, -0.1) is 0 Å². The van der Waals surface area contributed by atoms with Gasteiger partial charge in [0.1, 0.15) is 17.8 Å². The molecule has 9 nitrogen and oxygen atoms in total. The second-order valence-electron chi connectivity index (χ2n) is 6.82. The molecule has 0 radical (unpaired) electrons. The van der Waals surface area contributed by atoms with E-state index in [2.05, 4.69) is 14.8 Å². The van der Waals surface area contributed by atoms with Crippen LogP contribution in [-0.4, -0.2) is 57.8 Å². The first kappa shape index (κ1) is 22.4. The second-order valence-corrected chi connectivity index (χ2v) is 8.47. The van der Waals surface area contributed by atoms with Crippen molar-refractivity contribution >= 4 is 22.3 Å². The van der Waals surface area contributed by atoms with Crippen molar-refractivity contribution in [3.8, 4) is 0 Å². The minimum Gasteiger partial charge on any atom is -0.444 e. The molecule has 142 valence electrons. The largest absolute Gasteiger partial charge is 0.444 e. The van der Waals surface area contributed by atoms with Crippen LogP contribution in [0.15, 0.2) is 0 Å². The number of carbonyl (C=O) groups excluding carboxylic acids is 2. The van der Waals surface area contributed by atoms with Gasteiger partial charge in [0.15, 0.2) is 0 Å². The molecule has 0 spiro atoms. The number of rotatable bonds is 8. The molecule has 24 heavy (non-hydrogen) atoms. The van der Waals surface area contributed by atoms with Crippen molar-refractivity contribution in [3.63, 3.8) is 0 Å². The molecule has 0 aliphatic carbocycles. The van der Waals surface area contributed by atoms with Gasteiger partial charge >= 0.3 is 12.2 Å². The maximum absolute atomic E-state index is 11.6. The predicted molar refractivity (Wildman–Crippen MR) is 88.2 cm³/mol. The van der Waals surface area contributed by atoms with E-state index in [1.807, 2.05) is 0 Å². The Labute approximate surface area is 143 Å². The first-order chi connectivity index (χ1) is 10.7. The SMILES string of the molecule is CC(C)(C)OC(=O)NCCCNC(=O)OC(C)(C)COS(C)(=O)=O. The third kappa shape index (κ3) is 14.1. The zero-order valence-corrected chi connectivity index (χ0v) is 15.9. The minimum atomic E-state index is -3.60. The number of hydrogen-bond acceptors (Lipinski definition) is 7. The smallest absolute Gasteiger partial charge is 0.407 e. The molecular formula is C14H28N2O7S. The van der Waals surface area contributed by atoms with Gasteiger partial charge in [0.2, 0.25) is 0 Å². The first-order valence-electron chi connectivity index (χ1n) is 7.48. The van der Waals surface area contributed by atoms with Gasteiger partial charge in [0, 0.05) is 13.1 Å². The van der Waals surface area contributed by atoms with Gasteiger partial charge in [-0.25, -0.2) is 9.59 Å². The lowest BCUT2D eigenvalue weighted by Crippen LogP contribution is -2.39. The zero-order valence-electron chi connectivity index (χ0n) is 15.1. The molecule has 0 aromatic rings. The maximum Gasteiger partial charge on any atom is 0.407 e. The fourth-order valence-corrected chi connectivity index (χ4v) is 1.85. The summed E-state index contributed by atoms with van der Waals surface area (Å²) >= 11 is 0. The molecule has 0 saturated heterocycles. The molecule has 0 unspecified atom stereocenters. The third-order valence-electron chi connectivity index (χ3n) is 2.28. The van der Waals surface area contributed by atoms with E-state index >= 15 is 0 Å². The van der Waals surface area contributed by atoms with Crippen LogP contribution in [0.3, 0.4) is 0 Å². The fraction of sp³-hybridized carbons (Fsp3) is 0.857. The highest BCUT2D eigenvalue weighted by atomic mass is 32.2. The number of hydrogen-bond donors (Lipinski definition) is 2. The summed E-state index contributed by atoms with van der Waals surface area (Å²) in [7, 11) is -3.60. The van der Waals surface area contributed by atoms with E-state index in [0.717, 1.165) is 6.26 Å². The molecule has 0 fully saturated rings. The molecular weight excluding hydrogens is 340 g/mol. The van der Waals surface area contributed by atoms with Gasteiger partial charge in [-0.2, -0.15) is 8.42 Å². The summed E-state index contributed by atoms with van der Waals surface area (Å²) in [6.45, 7) is 8.68. The summed E-state index contributed by atoms with van der Waals surface area (Å²) in [6, 6.07) is 0. The third-order valence-corrected chi connectivity index (χ3v) is 2.83. The standard InChI is InChI=1S/C14H28N2O7S/c1-13(2,3)22-11(17)15-8-7-9-16-12(18)23-14(4,5)10-21-24(6,19)20/h7-10H2,1-6H3,(H,15,17)(H,16,18). The van der Waals surface area contributed by atoms with Crippen molar-refractivity contribution in [1.29, 1.82) is 0 Å². The lowest BCUT2D eigenvalue weighted by molar-refractivity contribution is 0.00620. The van der Waals surface area contributed by atoms with Crippen molar-refractivity contribution in [2.75, 3.05) is 26.0 Å². The lowest BCUT2D eigenvalue weighted by atomic mass is 10.2. The van der Waals surface area contributed by atoms with Crippen molar-refractivity contribution in [1.82, 2.24) is 10.6 Å². The summed E-state index contributed by atoms with van der Waals surface area (Å²) in [5.41, 5.74) is -1.66. The summed E-state index contributed by atoms with van der Waals surface area (Å²) in [5.74, 6) is 0. The molecule has 0 aliphatic rings. The van der Waals surface area contributed by atoms with Gasteiger partial charge < -0.3 is 20.1 Å². The Morgan fingerprint density at radius 1 is 0.917 bits per heavy atom. The van der Waals surface area contributed by atoms with Crippen molar-refractivity contribution in [2.24, 2.45) is 0 Å². The summed E-state index contributed by atoms with van der Waals surface area (Å²) in [6.07, 6.45) is 0.175. The van der Waals surface area contributed by atoms with Crippen LogP contribution in [0, 0.1) is 0 Å². The summed E-state index contributed by atoms with van der Waals surface area (Å²) in [5, 5.41) is 5.06. The zero-order chi connectivity index (χ0) is 19.0. The van der Waals surface area contributed by atoms with E-state index in [1.54, 1.807) is 20.8 Å². The molecule has 10 heteroatoms. The quantitative estimate of drug-likeness (QED) is 0.490. The van der Waals surface area contributed by atoms with E-state index in [0.29, 0.717) is 13.0 Å². The van der Waals surface area contributed by atoms with Gasteiger partial charge in [-0.05, 0) is 41.0 Å². The molecule has 2 amide bonds.